The van der Waals surface area contributed by atoms with E-state index in [9.17, 15) is 9.59 Å². The first-order valence-corrected chi connectivity index (χ1v) is 9.33. The summed E-state index contributed by atoms with van der Waals surface area (Å²) in [5.74, 6) is -0.203. The molecule has 1 N–H and O–H groups in total. The summed E-state index contributed by atoms with van der Waals surface area (Å²) in [6.07, 6.45) is 2.94. The number of nitrogens with zero attached hydrogens (tertiary/aromatic N) is 4. The van der Waals surface area contributed by atoms with Crippen LogP contribution in [0.1, 0.15) is 33.7 Å². The summed E-state index contributed by atoms with van der Waals surface area (Å²) in [6, 6.07) is 18.7. The molecule has 0 atom stereocenters. The van der Waals surface area contributed by atoms with Crippen LogP contribution in [0, 0.1) is 0 Å². The molecule has 0 spiro atoms. The van der Waals surface area contributed by atoms with Crippen molar-refractivity contribution in [2.45, 2.75) is 18.9 Å². The summed E-state index contributed by atoms with van der Waals surface area (Å²) in [5.41, 5.74) is 1.79. The zero-order valence-corrected chi connectivity index (χ0v) is 15.4. The van der Waals surface area contributed by atoms with E-state index in [2.05, 4.69) is 15.5 Å². The van der Waals surface area contributed by atoms with Crippen LogP contribution < -0.4 is 5.32 Å². The number of rotatable bonds is 4. The third-order valence-electron chi connectivity index (χ3n) is 4.85. The van der Waals surface area contributed by atoms with Gasteiger partial charge >= 0.3 is 0 Å². The third-order valence-corrected chi connectivity index (χ3v) is 4.85. The standard InChI is InChI=1S/C21H21N5O2/c27-20(16-7-3-1-4-8-16)23-17-11-13-25(14-12-17)21(28)19-15-22-26(24-19)18-9-5-2-6-10-18/h1-10,15,17H,11-14H2,(H,23,27). The second-order valence-electron chi connectivity index (χ2n) is 6.76. The van der Waals surface area contributed by atoms with Gasteiger partial charge in [0.15, 0.2) is 5.69 Å². The first-order valence-electron chi connectivity index (χ1n) is 9.33. The van der Waals surface area contributed by atoms with E-state index in [-0.39, 0.29) is 17.9 Å². The van der Waals surface area contributed by atoms with Crippen LogP contribution in [0.3, 0.4) is 0 Å². The zero-order valence-electron chi connectivity index (χ0n) is 15.4. The molecule has 1 aliphatic heterocycles. The predicted molar refractivity (Wildman–Crippen MR) is 104 cm³/mol. The monoisotopic (exact) mass is 375 g/mol. The maximum absolute atomic E-state index is 12.7. The van der Waals surface area contributed by atoms with Crippen molar-refractivity contribution in [1.29, 1.82) is 0 Å². The second kappa shape index (κ2) is 8.04. The highest BCUT2D eigenvalue weighted by Gasteiger charge is 2.26. The van der Waals surface area contributed by atoms with Crippen LogP contribution in [0.2, 0.25) is 0 Å². The molecule has 0 unspecified atom stereocenters. The van der Waals surface area contributed by atoms with Crippen molar-refractivity contribution in [3.05, 3.63) is 78.1 Å². The van der Waals surface area contributed by atoms with Crippen molar-refractivity contribution in [3.8, 4) is 5.69 Å². The van der Waals surface area contributed by atoms with Crippen molar-refractivity contribution < 1.29 is 9.59 Å². The van der Waals surface area contributed by atoms with Crippen LogP contribution in [0.25, 0.3) is 5.69 Å². The molecule has 142 valence electrons. The fraction of sp³-hybridized carbons (Fsp3) is 0.238. The molecule has 1 aliphatic rings. The number of hydrogen-bond acceptors (Lipinski definition) is 4. The van der Waals surface area contributed by atoms with Gasteiger partial charge in [0.2, 0.25) is 0 Å². The largest absolute Gasteiger partial charge is 0.349 e. The van der Waals surface area contributed by atoms with Gasteiger partial charge in [-0.05, 0) is 37.1 Å². The molecular formula is C21H21N5O2. The van der Waals surface area contributed by atoms with E-state index in [1.165, 1.54) is 11.0 Å². The highest BCUT2D eigenvalue weighted by Crippen LogP contribution is 2.14. The molecule has 3 aromatic rings. The Kier molecular flexibility index (Phi) is 5.14. The lowest BCUT2D eigenvalue weighted by molar-refractivity contribution is 0.0692. The topological polar surface area (TPSA) is 80.1 Å². The lowest BCUT2D eigenvalue weighted by Gasteiger charge is -2.31. The molecule has 2 heterocycles. The van der Waals surface area contributed by atoms with Gasteiger partial charge in [0.1, 0.15) is 0 Å². The van der Waals surface area contributed by atoms with Crippen LogP contribution in [0.4, 0.5) is 0 Å². The Morgan fingerprint density at radius 2 is 1.57 bits per heavy atom. The number of likely N-dealkylation sites (tertiary alicyclic amines) is 1. The highest BCUT2D eigenvalue weighted by atomic mass is 16.2. The number of hydrogen-bond donors (Lipinski definition) is 1. The minimum Gasteiger partial charge on any atom is -0.349 e. The number of carbonyl (C=O) groups excluding carboxylic acids is 2. The lowest BCUT2D eigenvalue weighted by atomic mass is 10.0. The molecule has 1 fully saturated rings. The minimum atomic E-state index is -0.130. The summed E-state index contributed by atoms with van der Waals surface area (Å²) < 4.78 is 0. The highest BCUT2D eigenvalue weighted by molar-refractivity contribution is 5.94. The second-order valence-corrected chi connectivity index (χ2v) is 6.76. The summed E-state index contributed by atoms with van der Waals surface area (Å²) >= 11 is 0. The number of benzene rings is 2. The molecule has 0 aliphatic carbocycles. The Balaban J connectivity index is 1.33. The molecule has 7 nitrogen and oxygen atoms in total. The van der Waals surface area contributed by atoms with Gasteiger partial charge in [0.05, 0.1) is 11.9 Å². The van der Waals surface area contributed by atoms with E-state index >= 15 is 0 Å². The SMILES string of the molecule is O=C(NC1CCN(C(=O)c2cnn(-c3ccccc3)n2)CC1)c1ccccc1. The first kappa shape index (κ1) is 17.9. The number of nitrogens with one attached hydrogen (secondary N) is 1. The number of carbonyl (C=O) groups is 2. The van der Waals surface area contributed by atoms with Crippen molar-refractivity contribution >= 4 is 11.8 Å². The van der Waals surface area contributed by atoms with E-state index in [4.69, 9.17) is 0 Å². The van der Waals surface area contributed by atoms with E-state index in [1.807, 2.05) is 48.5 Å². The van der Waals surface area contributed by atoms with Crippen LogP contribution >= 0.6 is 0 Å². The Hall–Kier alpha value is -3.48. The van der Waals surface area contributed by atoms with Gasteiger partial charge in [-0.25, -0.2) is 0 Å². The Bertz CT molecular complexity index is 947. The number of aromatic nitrogens is 3. The van der Waals surface area contributed by atoms with Gasteiger partial charge in [0, 0.05) is 24.7 Å². The molecule has 2 amide bonds. The lowest BCUT2D eigenvalue weighted by Crippen LogP contribution is -2.46. The Morgan fingerprint density at radius 3 is 2.25 bits per heavy atom. The van der Waals surface area contributed by atoms with Crippen LogP contribution in [0.15, 0.2) is 66.9 Å². The van der Waals surface area contributed by atoms with Gasteiger partial charge in [0.25, 0.3) is 11.8 Å². The minimum absolute atomic E-state index is 0.0664. The van der Waals surface area contributed by atoms with Crippen LogP contribution in [-0.2, 0) is 0 Å². The van der Waals surface area contributed by atoms with Gasteiger partial charge in [-0.2, -0.15) is 9.90 Å². The van der Waals surface area contributed by atoms with Crippen molar-refractivity contribution in [3.63, 3.8) is 0 Å². The molecule has 1 aromatic heterocycles. The number of para-hydroxylation sites is 1. The van der Waals surface area contributed by atoms with Crippen molar-refractivity contribution in [1.82, 2.24) is 25.2 Å². The zero-order chi connectivity index (χ0) is 19.3. The van der Waals surface area contributed by atoms with Crippen molar-refractivity contribution in [2.75, 3.05) is 13.1 Å². The maximum atomic E-state index is 12.7. The van der Waals surface area contributed by atoms with E-state index in [1.54, 1.807) is 17.0 Å². The molecule has 2 aromatic carbocycles. The van der Waals surface area contributed by atoms with E-state index < -0.39 is 0 Å². The van der Waals surface area contributed by atoms with Gasteiger partial charge in [-0.3, -0.25) is 9.59 Å². The fourth-order valence-corrected chi connectivity index (χ4v) is 3.29. The molecule has 7 heteroatoms. The summed E-state index contributed by atoms with van der Waals surface area (Å²) in [7, 11) is 0. The average Bonchev–Trinajstić information content (AvgIpc) is 3.25. The average molecular weight is 375 g/mol. The van der Waals surface area contributed by atoms with Crippen molar-refractivity contribution in [2.24, 2.45) is 0 Å². The predicted octanol–water partition coefficient (Wildman–Crippen LogP) is 2.30. The normalized spacial score (nSPS) is 14.6. The van der Waals surface area contributed by atoms with Gasteiger partial charge in [-0.1, -0.05) is 36.4 Å². The molecule has 1 saturated heterocycles. The smallest absolute Gasteiger partial charge is 0.276 e. The molecule has 0 bridgehead atoms. The molecule has 4 rings (SSSR count). The van der Waals surface area contributed by atoms with E-state index in [0.29, 0.717) is 24.3 Å². The molecule has 0 radical (unpaired) electrons. The third kappa shape index (κ3) is 3.93. The number of piperidine rings is 1. The summed E-state index contributed by atoms with van der Waals surface area (Å²) in [4.78, 5) is 28.2. The Labute approximate surface area is 163 Å². The summed E-state index contributed by atoms with van der Waals surface area (Å²) in [6.45, 7) is 1.16. The maximum Gasteiger partial charge on any atom is 0.276 e. The fourth-order valence-electron chi connectivity index (χ4n) is 3.29. The van der Waals surface area contributed by atoms with E-state index in [0.717, 1.165) is 18.5 Å². The van der Waals surface area contributed by atoms with Gasteiger partial charge < -0.3 is 10.2 Å². The quantitative estimate of drug-likeness (QED) is 0.759. The van der Waals surface area contributed by atoms with Gasteiger partial charge in [-0.15, -0.1) is 5.10 Å². The molecule has 28 heavy (non-hydrogen) atoms. The summed E-state index contributed by atoms with van der Waals surface area (Å²) in [5, 5.41) is 11.5. The van der Waals surface area contributed by atoms with Crippen LogP contribution in [0.5, 0.6) is 0 Å². The first-order chi connectivity index (χ1) is 13.7. The molecule has 0 saturated carbocycles. The van der Waals surface area contributed by atoms with Crippen LogP contribution in [-0.4, -0.2) is 50.8 Å². The molecular weight excluding hydrogens is 354 g/mol. The number of amides is 2. The Morgan fingerprint density at radius 1 is 0.929 bits per heavy atom.